The van der Waals surface area contributed by atoms with Crippen molar-refractivity contribution < 1.29 is 13.9 Å². The third-order valence-electron chi connectivity index (χ3n) is 1.89. The number of methoxy groups -OCH3 is 1. The van der Waals surface area contributed by atoms with Crippen LogP contribution < -0.4 is 0 Å². The van der Waals surface area contributed by atoms with Crippen molar-refractivity contribution in [3.8, 4) is 12.3 Å². The Morgan fingerprint density at radius 2 is 2.43 bits per heavy atom. The highest BCUT2D eigenvalue weighted by Crippen LogP contribution is 2.16. The van der Waals surface area contributed by atoms with Gasteiger partial charge in [0.05, 0.1) is 7.11 Å². The normalized spacial score (nSPS) is 9.50. The average molecular weight is 192 g/mol. The lowest BCUT2D eigenvalue weighted by atomic mass is 10.2. The van der Waals surface area contributed by atoms with E-state index in [2.05, 4.69) is 10.7 Å². The lowest BCUT2D eigenvalue weighted by Gasteiger charge is -1.93. The van der Waals surface area contributed by atoms with E-state index < -0.39 is 0 Å². The SMILES string of the molecule is C#CCCc1cc(C(=O)OC)c(C)o1. The van der Waals surface area contributed by atoms with Crippen LogP contribution in [0.1, 0.15) is 28.3 Å². The topological polar surface area (TPSA) is 39.4 Å². The molecule has 0 bridgehead atoms. The molecule has 0 spiro atoms. The maximum Gasteiger partial charge on any atom is 0.341 e. The molecule has 0 radical (unpaired) electrons. The Bertz CT molecular complexity index is 368. The van der Waals surface area contributed by atoms with Crippen LogP contribution in [-0.4, -0.2) is 13.1 Å². The second-order valence-electron chi connectivity index (χ2n) is 2.88. The number of carbonyl (C=O) groups is 1. The van der Waals surface area contributed by atoms with E-state index in [0.717, 1.165) is 5.76 Å². The first-order valence-electron chi connectivity index (χ1n) is 4.30. The molecule has 3 nitrogen and oxygen atoms in total. The van der Waals surface area contributed by atoms with Gasteiger partial charge >= 0.3 is 5.97 Å². The van der Waals surface area contributed by atoms with Gasteiger partial charge < -0.3 is 9.15 Å². The summed E-state index contributed by atoms with van der Waals surface area (Å²) in [7, 11) is 1.34. The second-order valence-corrected chi connectivity index (χ2v) is 2.88. The van der Waals surface area contributed by atoms with Crippen LogP contribution in [0.4, 0.5) is 0 Å². The third kappa shape index (κ3) is 2.17. The van der Waals surface area contributed by atoms with Crippen molar-refractivity contribution in [2.75, 3.05) is 7.11 Å². The highest BCUT2D eigenvalue weighted by atomic mass is 16.5. The number of aryl methyl sites for hydroxylation is 2. The first kappa shape index (κ1) is 10.4. The Morgan fingerprint density at radius 3 is 3.00 bits per heavy atom. The highest BCUT2D eigenvalue weighted by Gasteiger charge is 2.14. The summed E-state index contributed by atoms with van der Waals surface area (Å²) in [4.78, 5) is 11.2. The maximum absolute atomic E-state index is 11.2. The quantitative estimate of drug-likeness (QED) is 0.542. The summed E-state index contributed by atoms with van der Waals surface area (Å²) in [5.74, 6) is 3.43. The number of furan rings is 1. The molecular formula is C11H12O3. The van der Waals surface area contributed by atoms with Crippen LogP contribution in [0.5, 0.6) is 0 Å². The van der Waals surface area contributed by atoms with Crippen LogP contribution in [0, 0.1) is 19.3 Å². The summed E-state index contributed by atoms with van der Waals surface area (Å²) in [5.41, 5.74) is 0.472. The number of terminal acetylenes is 1. The van der Waals surface area contributed by atoms with Crippen LogP contribution in [0.2, 0.25) is 0 Å². The van der Waals surface area contributed by atoms with E-state index in [1.165, 1.54) is 7.11 Å². The fourth-order valence-corrected chi connectivity index (χ4v) is 1.17. The lowest BCUT2D eigenvalue weighted by Crippen LogP contribution is -2.00. The minimum Gasteiger partial charge on any atom is -0.465 e. The van der Waals surface area contributed by atoms with Crippen LogP contribution in [-0.2, 0) is 11.2 Å². The van der Waals surface area contributed by atoms with Crippen LogP contribution >= 0.6 is 0 Å². The van der Waals surface area contributed by atoms with Gasteiger partial charge in [-0.15, -0.1) is 12.3 Å². The molecule has 0 fully saturated rings. The summed E-state index contributed by atoms with van der Waals surface area (Å²) in [6, 6.07) is 1.68. The minimum absolute atomic E-state index is 0.377. The van der Waals surface area contributed by atoms with Crippen molar-refractivity contribution in [2.45, 2.75) is 19.8 Å². The van der Waals surface area contributed by atoms with Gasteiger partial charge in [-0.2, -0.15) is 0 Å². The van der Waals surface area contributed by atoms with Crippen molar-refractivity contribution in [2.24, 2.45) is 0 Å². The highest BCUT2D eigenvalue weighted by molar-refractivity contribution is 5.90. The Labute approximate surface area is 83.1 Å². The van der Waals surface area contributed by atoms with E-state index in [1.807, 2.05) is 0 Å². The van der Waals surface area contributed by atoms with Gasteiger partial charge in [0.25, 0.3) is 0 Å². The summed E-state index contributed by atoms with van der Waals surface area (Å²) in [5, 5.41) is 0. The van der Waals surface area contributed by atoms with Crippen molar-refractivity contribution in [1.82, 2.24) is 0 Å². The summed E-state index contributed by atoms with van der Waals surface area (Å²) in [6.07, 6.45) is 6.38. The molecular weight excluding hydrogens is 180 g/mol. The van der Waals surface area contributed by atoms with Crippen molar-refractivity contribution in [1.29, 1.82) is 0 Å². The average Bonchev–Trinajstić information content (AvgIpc) is 2.55. The van der Waals surface area contributed by atoms with Crippen molar-refractivity contribution >= 4 is 5.97 Å². The molecule has 0 saturated carbocycles. The van der Waals surface area contributed by atoms with Crippen LogP contribution in [0.3, 0.4) is 0 Å². The molecule has 0 amide bonds. The summed E-state index contributed by atoms with van der Waals surface area (Å²) >= 11 is 0. The molecule has 0 N–H and O–H groups in total. The van der Waals surface area contributed by atoms with Gasteiger partial charge in [-0.3, -0.25) is 0 Å². The van der Waals surface area contributed by atoms with Gasteiger partial charge in [0.1, 0.15) is 17.1 Å². The molecule has 14 heavy (non-hydrogen) atoms. The molecule has 1 heterocycles. The Balaban J connectivity index is 2.83. The molecule has 1 aromatic heterocycles. The Kier molecular flexibility index (Phi) is 3.35. The molecule has 0 saturated heterocycles. The fraction of sp³-hybridized carbons (Fsp3) is 0.364. The molecule has 74 valence electrons. The maximum atomic E-state index is 11.2. The lowest BCUT2D eigenvalue weighted by molar-refractivity contribution is 0.0599. The predicted octanol–water partition coefficient (Wildman–Crippen LogP) is 1.94. The fourth-order valence-electron chi connectivity index (χ4n) is 1.17. The predicted molar refractivity (Wildman–Crippen MR) is 51.9 cm³/mol. The molecule has 1 aromatic rings. The van der Waals surface area contributed by atoms with E-state index in [4.69, 9.17) is 10.8 Å². The van der Waals surface area contributed by atoms with E-state index in [1.54, 1.807) is 13.0 Å². The van der Waals surface area contributed by atoms with Gasteiger partial charge in [-0.1, -0.05) is 0 Å². The largest absolute Gasteiger partial charge is 0.465 e. The van der Waals surface area contributed by atoms with Crippen LogP contribution in [0.25, 0.3) is 0 Å². The van der Waals surface area contributed by atoms with Gasteiger partial charge in [0, 0.05) is 12.8 Å². The molecule has 0 atom stereocenters. The van der Waals surface area contributed by atoms with E-state index in [9.17, 15) is 4.79 Å². The first-order valence-corrected chi connectivity index (χ1v) is 4.30. The molecule has 1 rings (SSSR count). The second kappa shape index (κ2) is 4.52. The third-order valence-corrected chi connectivity index (χ3v) is 1.89. The van der Waals surface area contributed by atoms with E-state index >= 15 is 0 Å². The monoisotopic (exact) mass is 192 g/mol. The minimum atomic E-state index is -0.377. The summed E-state index contributed by atoms with van der Waals surface area (Å²) < 4.78 is 9.94. The number of hydrogen-bond acceptors (Lipinski definition) is 3. The number of hydrogen-bond donors (Lipinski definition) is 0. The molecule has 0 aromatic carbocycles. The van der Waals surface area contributed by atoms with Gasteiger partial charge in [-0.25, -0.2) is 4.79 Å². The Morgan fingerprint density at radius 1 is 1.71 bits per heavy atom. The summed E-state index contributed by atoms with van der Waals surface area (Å²) in [6.45, 7) is 1.73. The Hall–Kier alpha value is -1.69. The van der Waals surface area contributed by atoms with Crippen molar-refractivity contribution in [3.05, 3.63) is 23.2 Å². The molecule has 0 aliphatic heterocycles. The van der Waals surface area contributed by atoms with Gasteiger partial charge in [-0.05, 0) is 13.0 Å². The molecule has 0 aliphatic rings. The molecule has 0 unspecified atom stereocenters. The van der Waals surface area contributed by atoms with E-state index in [0.29, 0.717) is 24.2 Å². The number of esters is 1. The molecule has 3 heteroatoms. The zero-order chi connectivity index (χ0) is 10.6. The molecule has 0 aliphatic carbocycles. The number of ether oxygens (including phenoxy) is 1. The van der Waals surface area contributed by atoms with Crippen molar-refractivity contribution in [3.63, 3.8) is 0 Å². The smallest absolute Gasteiger partial charge is 0.341 e. The van der Waals surface area contributed by atoms with E-state index in [-0.39, 0.29) is 5.97 Å². The van der Waals surface area contributed by atoms with Gasteiger partial charge in [0.15, 0.2) is 0 Å². The standard InChI is InChI=1S/C11H12O3/c1-4-5-6-9-7-10(8(2)14-9)11(12)13-3/h1,7H,5-6H2,2-3H3. The van der Waals surface area contributed by atoms with Gasteiger partial charge in [0.2, 0.25) is 0 Å². The zero-order valence-corrected chi connectivity index (χ0v) is 8.29. The number of carbonyl (C=O) groups excluding carboxylic acids is 1. The number of rotatable bonds is 3. The zero-order valence-electron chi connectivity index (χ0n) is 8.29. The first-order chi connectivity index (χ1) is 6.69. The van der Waals surface area contributed by atoms with Crippen LogP contribution in [0.15, 0.2) is 10.5 Å².